The van der Waals surface area contributed by atoms with Crippen molar-refractivity contribution in [3.8, 4) is 5.75 Å². The van der Waals surface area contributed by atoms with Crippen molar-refractivity contribution in [3.63, 3.8) is 0 Å². The summed E-state index contributed by atoms with van der Waals surface area (Å²) in [5, 5.41) is 2.69. The first-order chi connectivity index (χ1) is 11.6. The second-order valence-corrected chi connectivity index (χ2v) is 5.97. The van der Waals surface area contributed by atoms with Crippen LogP contribution >= 0.6 is 11.8 Å². The van der Waals surface area contributed by atoms with Gasteiger partial charge in [-0.15, -0.1) is 11.8 Å². The molecule has 5 nitrogen and oxygen atoms in total. The molecule has 6 heteroatoms. The summed E-state index contributed by atoms with van der Waals surface area (Å²) >= 11 is 1.37. The molecule has 0 saturated heterocycles. The number of rotatable bonds is 7. The van der Waals surface area contributed by atoms with Crippen LogP contribution in [0.15, 0.2) is 59.5 Å². The van der Waals surface area contributed by atoms with Gasteiger partial charge in [0.1, 0.15) is 5.75 Å². The largest absolute Gasteiger partial charge is 0.495 e. The van der Waals surface area contributed by atoms with E-state index in [0.717, 1.165) is 4.90 Å². The zero-order valence-corrected chi connectivity index (χ0v) is 14.3. The number of para-hydroxylation sites is 2. The molecule has 0 spiro atoms. The van der Waals surface area contributed by atoms with E-state index in [1.165, 1.54) is 25.8 Å². The highest BCUT2D eigenvalue weighted by Gasteiger charge is 2.19. The minimum Gasteiger partial charge on any atom is -0.495 e. The van der Waals surface area contributed by atoms with Gasteiger partial charge in [0.2, 0.25) is 0 Å². The second kappa shape index (κ2) is 8.98. The predicted molar refractivity (Wildman–Crippen MR) is 94.3 cm³/mol. The van der Waals surface area contributed by atoms with Gasteiger partial charge in [-0.3, -0.25) is 9.59 Å². The lowest BCUT2D eigenvalue weighted by molar-refractivity contribution is -0.150. The van der Waals surface area contributed by atoms with E-state index in [9.17, 15) is 9.59 Å². The van der Waals surface area contributed by atoms with Crippen molar-refractivity contribution in [2.24, 2.45) is 0 Å². The highest BCUT2D eigenvalue weighted by Crippen LogP contribution is 2.23. The maximum Gasteiger partial charge on any atom is 0.317 e. The van der Waals surface area contributed by atoms with E-state index in [1.54, 1.807) is 24.3 Å². The zero-order chi connectivity index (χ0) is 17.4. The van der Waals surface area contributed by atoms with E-state index in [2.05, 4.69) is 5.32 Å². The number of nitrogens with one attached hydrogen (secondary N) is 1. The smallest absolute Gasteiger partial charge is 0.317 e. The molecular weight excluding hydrogens is 326 g/mol. The molecule has 0 heterocycles. The van der Waals surface area contributed by atoms with Crippen molar-refractivity contribution in [1.82, 2.24) is 0 Å². The highest BCUT2D eigenvalue weighted by molar-refractivity contribution is 8.00. The van der Waals surface area contributed by atoms with E-state index >= 15 is 0 Å². The molecule has 24 heavy (non-hydrogen) atoms. The number of ether oxygens (including phenoxy) is 2. The normalized spacial score (nSPS) is 11.4. The number of esters is 1. The Morgan fingerprint density at radius 2 is 1.75 bits per heavy atom. The van der Waals surface area contributed by atoms with Gasteiger partial charge in [0.05, 0.1) is 18.6 Å². The van der Waals surface area contributed by atoms with Gasteiger partial charge in [-0.2, -0.15) is 0 Å². The van der Waals surface area contributed by atoms with Gasteiger partial charge < -0.3 is 14.8 Å². The summed E-state index contributed by atoms with van der Waals surface area (Å²) in [4.78, 5) is 25.0. The van der Waals surface area contributed by atoms with Crippen LogP contribution in [0.2, 0.25) is 0 Å². The molecule has 0 aromatic heterocycles. The first-order valence-electron chi connectivity index (χ1n) is 7.41. The number of carbonyl (C=O) groups excluding carboxylic acids is 2. The van der Waals surface area contributed by atoms with E-state index < -0.39 is 18.0 Å². The van der Waals surface area contributed by atoms with Crippen LogP contribution < -0.4 is 10.1 Å². The van der Waals surface area contributed by atoms with E-state index in [-0.39, 0.29) is 5.75 Å². The van der Waals surface area contributed by atoms with Gasteiger partial charge in [0, 0.05) is 4.90 Å². The molecular formula is C18H19NO4S. The van der Waals surface area contributed by atoms with Crippen LogP contribution in [-0.2, 0) is 14.3 Å². The SMILES string of the molecule is COc1ccccc1NC(=O)C(C)OC(=O)CSc1ccccc1. The van der Waals surface area contributed by atoms with Crippen molar-refractivity contribution >= 4 is 29.3 Å². The van der Waals surface area contributed by atoms with E-state index in [4.69, 9.17) is 9.47 Å². The summed E-state index contributed by atoms with van der Waals surface area (Å²) in [7, 11) is 1.52. The predicted octanol–water partition coefficient (Wildman–Crippen LogP) is 3.36. The number of hydrogen-bond donors (Lipinski definition) is 1. The monoisotopic (exact) mass is 345 g/mol. The van der Waals surface area contributed by atoms with Crippen molar-refractivity contribution < 1.29 is 19.1 Å². The summed E-state index contributed by atoms with van der Waals surface area (Å²) in [6.07, 6.45) is -0.890. The van der Waals surface area contributed by atoms with Crippen LogP contribution in [-0.4, -0.2) is 30.8 Å². The van der Waals surface area contributed by atoms with Gasteiger partial charge in [-0.05, 0) is 31.2 Å². The zero-order valence-electron chi connectivity index (χ0n) is 13.5. The molecule has 0 saturated carbocycles. The lowest BCUT2D eigenvalue weighted by Gasteiger charge is -2.15. The molecule has 0 aliphatic heterocycles. The van der Waals surface area contributed by atoms with E-state index in [1.807, 2.05) is 30.3 Å². The molecule has 2 rings (SSSR count). The maximum atomic E-state index is 12.1. The lowest BCUT2D eigenvalue weighted by Crippen LogP contribution is -2.30. The summed E-state index contributed by atoms with van der Waals surface area (Å²) in [5.74, 6) is -0.149. The highest BCUT2D eigenvalue weighted by atomic mass is 32.2. The van der Waals surface area contributed by atoms with E-state index in [0.29, 0.717) is 11.4 Å². The van der Waals surface area contributed by atoms with Crippen LogP contribution in [0.3, 0.4) is 0 Å². The Labute approximate surface area is 145 Å². The third kappa shape index (κ3) is 5.31. The van der Waals surface area contributed by atoms with Crippen LogP contribution in [0.4, 0.5) is 5.69 Å². The molecule has 1 amide bonds. The second-order valence-electron chi connectivity index (χ2n) is 4.92. The lowest BCUT2D eigenvalue weighted by atomic mass is 10.2. The average molecular weight is 345 g/mol. The van der Waals surface area contributed by atoms with Crippen LogP contribution in [0.25, 0.3) is 0 Å². The third-order valence-electron chi connectivity index (χ3n) is 3.14. The minimum atomic E-state index is -0.890. The van der Waals surface area contributed by atoms with Gasteiger partial charge in [-0.1, -0.05) is 30.3 Å². The fourth-order valence-corrected chi connectivity index (χ4v) is 2.63. The van der Waals surface area contributed by atoms with Gasteiger partial charge in [0.15, 0.2) is 6.10 Å². The molecule has 0 aliphatic rings. The Bertz CT molecular complexity index is 690. The summed E-state index contributed by atoms with van der Waals surface area (Å²) in [5.41, 5.74) is 0.534. The Morgan fingerprint density at radius 3 is 2.46 bits per heavy atom. The molecule has 1 N–H and O–H groups in total. The van der Waals surface area contributed by atoms with Crippen molar-refractivity contribution in [2.75, 3.05) is 18.2 Å². The molecule has 0 radical (unpaired) electrons. The first-order valence-corrected chi connectivity index (χ1v) is 8.40. The molecule has 2 aromatic rings. The number of methoxy groups -OCH3 is 1. The molecule has 1 atom stereocenters. The fraction of sp³-hybridized carbons (Fsp3) is 0.222. The number of anilines is 1. The summed E-state index contributed by atoms with van der Waals surface area (Å²) < 4.78 is 10.3. The number of hydrogen-bond acceptors (Lipinski definition) is 5. The van der Waals surface area contributed by atoms with Crippen molar-refractivity contribution in [3.05, 3.63) is 54.6 Å². The summed E-state index contributed by atoms with van der Waals surface area (Å²) in [6, 6.07) is 16.6. The van der Waals surface area contributed by atoms with Crippen LogP contribution in [0.5, 0.6) is 5.75 Å². The number of thioether (sulfide) groups is 1. The molecule has 1 unspecified atom stereocenters. The Morgan fingerprint density at radius 1 is 1.08 bits per heavy atom. The summed E-state index contributed by atoms with van der Waals surface area (Å²) in [6.45, 7) is 1.54. The number of amides is 1. The average Bonchev–Trinajstić information content (AvgIpc) is 2.61. The molecule has 0 fully saturated rings. The Balaban J connectivity index is 1.83. The number of carbonyl (C=O) groups is 2. The third-order valence-corrected chi connectivity index (χ3v) is 4.13. The standard InChI is InChI=1S/C18H19NO4S/c1-13(18(21)19-15-10-6-7-11-16(15)22-2)23-17(20)12-24-14-8-4-3-5-9-14/h3-11,13H,12H2,1-2H3,(H,19,21). The maximum absolute atomic E-state index is 12.1. The molecule has 0 bridgehead atoms. The molecule has 0 aliphatic carbocycles. The van der Waals surface area contributed by atoms with Crippen LogP contribution in [0.1, 0.15) is 6.92 Å². The minimum absolute atomic E-state index is 0.149. The molecule has 126 valence electrons. The number of benzene rings is 2. The van der Waals surface area contributed by atoms with Crippen LogP contribution in [0, 0.1) is 0 Å². The first kappa shape index (κ1) is 17.9. The quantitative estimate of drug-likeness (QED) is 0.616. The topological polar surface area (TPSA) is 64.6 Å². The van der Waals surface area contributed by atoms with Gasteiger partial charge >= 0.3 is 5.97 Å². The van der Waals surface area contributed by atoms with Gasteiger partial charge in [-0.25, -0.2) is 0 Å². The Hall–Kier alpha value is -2.47. The van der Waals surface area contributed by atoms with Crippen molar-refractivity contribution in [1.29, 1.82) is 0 Å². The van der Waals surface area contributed by atoms with Gasteiger partial charge in [0.25, 0.3) is 5.91 Å². The Kier molecular flexibility index (Phi) is 6.69. The fourth-order valence-electron chi connectivity index (χ4n) is 1.93. The van der Waals surface area contributed by atoms with Crippen molar-refractivity contribution in [2.45, 2.75) is 17.9 Å². The molecule has 2 aromatic carbocycles.